The average molecular weight is 486 g/mol. The Labute approximate surface area is 207 Å². The molecule has 2 fully saturated rings. The average Bonchev–Trinajstić information content (AvgIpc) is 3.18. The molecule has 0 bridgehead atoms. The SMILES string of the molecule is CC(C)(C)C(=O)C1CCCO1.C[C@@H]1CN(C(=O)C(C)(C)C)C[C@H](C)O1.C[C@H](O)C(=O)C(C)(C)C. The van der Waals surface area contributed by atoms with E-state index in [4.69, 9.17) is 14.6 Å². The van der Waals surface area contributed by atoms with Gasteiger partial charge in [-0.05, 0) is 33.6 Å². The van der Waals surface area contributed by atoms with Crippen molar-refractivity contribution in [3.63, 3.8) is 0 Å². The van der Waals surface area contributed by atoms with Crippen molar-refractivity contribution in [3.05, 3.63) is 0 Å². The van der Waals surface area contributed by atoms with Gasteiger partial charge < -0.3 is 19.5 Å². The van der Waals surface area contributed by atoms with Crippen molar-refractivity contribution in [1.29, 1.82) is 0 Å². The molecule has 2 aliphatic rings. The summed E-state index contributed by atoms with van der Waals surface area (Å²) >= 11 is 0. The maximum absolute atomic E-state index is 12.0. The van der Waals surface area contributed by atoms with E-state index in [9.17, 15) is 14.4 Å². The number of carbonyl (C=O) groups is 3. The van der Waals surface area contributed by atoms with Crippen molar-refractivity contribution in [3.8, 4) is 0 Å². The highest BCUT2D eigenvalue weighted by Gasteiger charge is 2.33. The highest BCUT2D eigenvalue weighted by molar-refractivity contribution is 5.88. The predicted molar refractivity (Wildman–Crippen MR) is 136 cm³/mol. The second-order valence-corrected chi connectivity index (χ2v) is 12.6. The number of hydrogen-bond acceptors (Lipinski definition) is 6. The Kier molecular flexibility index (Phi) is 12.6. The molecule has 1 unspecified atom stereocenters. The first-order valence-electron chi connectivity index (χ1n) is 12.5. The van der Waals surface area contributed by atoms with Gasteiger partial charge in [0.1, 0.15) is 12.2 Å². The summed E-state index contributed by atoms with van der Waals surface area (Å²) in [4.78, 5) is 36.4. The third kappa shape index (κ3) is 11.9. The summed E-state index contributed by atoms with van der Waals surface area (Å²) in [6.07, 6.45) is 1.32. The van der Waals surface area contributed by atoms with Crippen molar-refractivity contribution in [2.24, 2.45) is 16.2 Å². The predicted octanol–water partition coefficient (Wildman–Crippen LogP) is 4.43. The molecular weight excluding hydrogens is 434 g/mol. The lowest BCUT2D eigenvalue weighted by Gasteiger charge is -2.38. The number of rotatable bonds is 2. The lowest BCUT2D eigenvalue weighted by molar-refractivity contribution is -0.151. The van der Waals surface area contributed by atoms with Gasteiger partial charge in [0.2, 0.25) is 5.91 Å². The van der Waals surface area contributed by atoms with E-state index in [0.717, 1.165) is 32.5 Å². The highest BCUT2D eigenvalue weighted by Crippen LogP contribution is 2.24. The molecule has 0 aromatic carbocycles. The minimum Gasteiger partial charge on any atom is -0.386 e. The van der Waals surface area contributed by atoms with Gasteiger partial charge in [0.25, 0.3) is 0 Å². The van der Waals surface area contributed by atoms with Crippen LogP contribution in [0.15, 0.2) is 0 Å². The van der Waals surface area contributed by atoms with Crippen LogP contribution in [0, 0.1) is 16.2 Å². The van der Waals surface area contributed by atoms with E-state index in [1.165, 1.54) is 6.92 Å². The van der Waals surface area contributed by atoms with Crippen molar-refractivity contribution >= 4 is 17.5 Å². The zero-order valence-electron chi connectivity index (χ0n) is 23.8. The van der Waals surface area contributed by atoms with Crippen LogP contribution < -0.4 is 0 Å². The first-order chi connectivity index (χ1) is 15.2. The van der Waals surface area contributed by atoms with Crippen LogP contribution in [0.4, 0.5) is 0 Å². The van der Waals surface area contributed by atoms with Crippen molar-refractivity contribution in [1.82, 2.24) is 4.90 Å². The zero-order valence-corrected chi connectivity index (χ0v) is 23.8. The Morgan fingerprint density at radius 2 is 1.32 bits per heavy atom. The largest absolute Gasteiger partial charge is 0.386 e. The first-order valence-corrected chi connectivity index (χ1v) is 12.5. The molecule has 7 nitrogen and oxygen atoms in total. The van der Waals surface area contributed by atoms with Gasteiger partial charge in [0.05, 0.1) is 12.2 Å². The van der Waals surface area contributed by atoms with Crippen LogP contribution >= 0.6 is 0 Å². The molecule has 0 aliphatic carbocycles. The number of aliphatic hydroxyl groups excluding tert-OH is 1. The molecule has 0 aromatic rings. The standard InChI is InChI=1S/C11H21NO2.C9H16O2.C7H14O2/c1-8-6-12(7-9(2)14-8)10(13)11(3,4)5;1-9(2,3)8(10)7-5-4-6-11-7;1-5(8)6(9)7(2,3)4/h8-9H,6-7H2,1-5H3;7H,4-6H2,1-3H3;5,8H,1-4H3/t8-,9+;;5-/m..0/s1. The number of aliphatic hydroxyl groups is 1. The summed E-state index contributed by atoms with van der Waals surface area (Å²) in [5.41, 5.74) is -0.931. The van der Waals surface area contributed by atoms with E-state index in [1.807, 2.05) is 60.3 Å². The Bertz CT molecular complexity index is 650. The van der Waals surface area contributed by atoms with Crippen LogP contribution in [-0.4, -0.2) is 71.6 Å². The monoisotopic (exact) mass is 485 g/mol. The zero-order chi connectivity index (χ0) is 27.1. The molecule has 2 saturated heterocycles. The van der Waals surface area contributed by atoms with Gasteiger partial charge in [0.15, 0.2) is 11.6 Å². The number of ketones is 2. The Balaban J connectivity index is 0.000000494. The summed E-state index contributed by atoms with van der Waals surface area (Å²) in [5, 5.41) is 8.81. The van der Waals surface area contributed by atoms with Gasteiger partial charge in [-0.3, -0.25) is 14.4 Å². The van der Waals surface area contributed by atoms with Crippen LogP contribution in [-0.2, 0) is 23.9 Å². The summed E-state index contributed by atoms with van der Waals surface area (Å²) in [7, 11) is 0. The molecule has 1 amide bonds. The normalized spacial score (nSPS) is 24.3. The molecule has 2 rings (SSSR count). The summed E-state index contributed by atoms with van der Waals surface area (Å²) in [6, 6.07) is 0. The van der Waals surface area contributed by atoms with Crippen molar-refractivity contribution in [2.45, 2.75) is 120 Å². The molecule has 4 atom stereocenters. The Morgan fingerprint density at radius 3 is 1.59 bits per heavy atom. The quantitative estimate of drug-likeness (QED) is 0.622. The van der Waals surface area contributed by atoms with Crippen LogP contribution in [0.5, 0.6) is 0 Å². The van der Waals surface area contributed by atoms with Crippen molar-refractivity contribution in [2.75, 3.05) is 19.7 Å². The van der Waals surface area contributed by atoms with Gasteiger partial charge in [-0.1, -0.05) is 62.3 Å². The highest BCUT2D eigenvalue weighted by atomic mass is 16.5. The van der Waals surface area contributed by atoms with Crippen LogP contribution in [0.3, 0.4) is 0 Å². The Morgan fingerprint density at radius 1 is 0.853 bits per heavy atom. The number of amides is 1. The topological polar surface area (TPSA) is 93.1 Å². The number of carbonyl (C=O) groups excluding carboxylic acids is 3. The third-order valence-corrected chi connectivity index (χ3v) is 5.43. The molecule has 7 heteroatoms. The molecule has 200 valence electrons. The Hall–Kier alpha value is -1.31. The van der Waals surface area contributed by atoms with Crippen LogP contribution in [0.2, 0.25) is 0 Å². The van der Waals surface area contributed by atoms with Gasteiger partial charge in [-0.15, -0.1) is 0 Å². The lowest BCUT2D eigenvalue weighted by Crippen LogP contribution is -2.51. The lowest BCUT2D eigenvalue weighted by atomic mass is 9.87. The van der Waals surface area contributed by atoms with E-state index in [0.29, 0.717) is 0 Å². The summed E-state index contributed by atoms with van der Waals surface area (Å²) in [5.74, 6) is 0.358. The molecule has 0 aromatic heterocycles. The van der Waals surface area contributed by atoms with Gasteiger partial charge in [-0.25, -0.2) is 0 Å². The minimum atomic E-state index is -0.829. The summed E-state index contributed by atoms with van der Waals surface area (Å²) in [6.45, 7) is 24.8. The van der Waals surface area contributed by atoms with E-state index in [1.54, 1.807) is 20.8 Å². The fraction of sp³-hybridized carbons (Fsp3) is 0.889. The molecule has 2 heterocycles. The molecular formula is C27H51NO6. The number of ether oxygens (including phenoxy) is 2. The fourth-order valence-corrected chi connectivity index (χ4v) is 3.71. The maximum atomic E-state index is 12.0. The van der Waals surface area contributed by atoms with E-state index < -0.39 is 11.5 Å². The fourth-order valence-electron chi connectivity index (χ4n) is 3.71. The van der Waals surface area contributed by atoms with E-state index >= 15 is 0 Å². The summed E-state index contributed by atoms with van der Waals surface area (Å²) < 4.78 is 10.9. The molecule has 0 spiro atoms. The second-order valence-electron chi connectivity index (χ2n) is 12.6. The van der Waals surface area contributed by atoms with Gasteiger partial charge >= 0.3 is 0 Å². The molecule has 0 saturated carbocycles. The van der Waals surface area contributed by atoms with Gasteiger partial charge in [0, 0.05) is 35.9 Å². The number of nitrogens with zero attached hydrogens (tertiary/aromatic N) is 1. The smallest absolute Gasteiger partial charge is 0.228 e. The number of morpholine rings is 1. The first kappa shape index (κ1) is 32.7. The third-order valence-electron chi connectivity index (χ3n) is 5.43. The maximum Gasteiger partial charge on any atom is 0.228 e. The van der Waals surface area contributed by atoms with Crippen molar-refractivity contribution < 1.29 is 29.0 Å². The van der Waals surface area contributed by atoms with Crippen LogP contribution in [0.25, 0.3) is 0 Å². The van der Waals surface area contributed by atoms with E-state index in [2.05, 4.69) is 0 Å². The second kappa shape index (κ2) is 13.1. The van der Waals surface area contributed by atoms with Gasteiger partial charge in [-0.2, -0.15) is 0 Å². The van der Waals surface area contributed by atoms with Crippen LogP contribution in [0.1, 0.15) is 95.9 Å². The number of Topliss-reactive ketones (excluding diaryl/α,β-unsaturated/α-hetero) is 2. The van der Waals surface area contributed by atoms with E-state index in [-0.39, 0.29) is 46.6 Å². The molecule has 1 N–H and O–H groups in total. The molecule has 34 heavy (non-hydrogen) atoms. The number of hydrogen-bond donors (Lipinski definition) is 1. The molecule has 2 aliphatic heterocycles. The minimum absolute atomic E-state index is 0.109. The molecule has 0 radical (unpaired) electrons.